The molecule has 3 heterocycles. The zero-order valence-corrected chi connectivity index (χ0v) is 16.5. The third-order valence-electron chi connectivity index (χ3n) is 4.65. The number of hydrogen-bond acceptors (Lipinski definition) is 6. The van der Waals surface area contributed by atoms with Gasteiger partial charge in [-0.05, 0) is 41.3 Å². The van der Waals surface area contributed by atoms with E-state index in [1.54, 1.807) is 16.6 Å². The van der Waals surface area contributed by atoms with Gasteiger partial charge in [0.05, 0.1) is 12.7 Å². The van der Waals surface area contributed by atoms with Crippen LogP contribution in [0.1, 0.15) is 35.7 Å². The third-order valence-corrected chi connectivity index (χ3v) is 4.65. The molecule has 3 aromatic heterocycles. The molecule has 0 unspecified atom stereocenters. The van der Waals surface area contributed by atoms with Crippen LogP contribution in [0.2, 0.25) is 0 Å². The maximum Gasteiger partial charge on any atom is 0.339 e. The molecule has 0 fully saturated rings. The molecule has 0 amide bonds. The van der Waals surface area contributed by atoms with Gasteiger partial charge in [0.1, 0.15) is 5.82 Å². The first-order chi connectivity index (χ1) is 14.0. The first-order valence-electron chi connectivity index (χ1n) is 9.32. The molecule has 146 valence electrons. The molecule has 4 rings (SSSR count). The highest BCUT2D eigenvalue weighted by Gasteiger charge is 2.12. The number of aromatic nitrogens is 4. The second kappa shape index (κ2) is 7.71. The van der Waals surface area contributed by atoms with Crippen molar-refractivity contribution in [3.05, 3.63) is 72.1 Å². The maximum absolute atomic E-state index is 11.5. The van der Waals surface area contributed by atoms with Crippen LogP contribution in [0.3, 0.4) is 0 Å². The molecule has 4 aromatic rings. The molecule has 29 heavy (non-hydrogen) atoms. The van der Waals surface area contributed by atoms with Crippen molar-refractivity contribution < 1.29 is 9.53 Å². The Morgan fingerprint density at radius 1 is 1.14 bits per heavy atom. The lowest BCUT2D eigenvalue weighted by Crippen LogP contribution is -2.03. The second-order valence-corrected chi connectivity index (χ2v) is 6.95. The number of nitrogens with one attached hydrogen (secondary N) is 1. The summed E-state index contributed by atoms with van der Waals surface area (Å²) < 4.78 is 6.42. The van der Waals surface area contributed by atoms with E-state index in [0.717, 1.165) is 16.8 Å². The fraction of sp³-hybridized carbons (Fsp3) is 0.182. The predicted molar refractivity (Wildman–Crippen MR) is 111 cm³/mol. The largest absolute Gasteiger partial charge is 0.465 e. The van der Waals surface area contributed by atoms with Crippen molar-refractivity contribution in [3.8, 4) is 11.1 Å². The first kappa shape index (κ1) is 18.6. The minimum atomic E-state index is -0.428. The van der Waals surface area contributed by atoms with Crippen LogP contribution in [0.4, 0.5) is 11.8 Å². The van der Waals surface area contributed by atoms with Crippen LogP contribution in [0.25, 0.3) is 16.8 Å². The highest BCUT2D eigenvalue weighted by atomic mass is 16.5. The lowest BCUT2D eigenvalue weighted by molar-refractivity contribution is 0.0600. The van der Waals surface area contributed by atoms with Crippen molar-refractivity contribution in [3.63, 3.8) is 0 Å². The van der Waals surface area contributed by atoms with Gasteiger partial charge in [-0.15, -0.1) is 5.10 Å². The maximum atomic E-state index is 11.5. The van der Waals surface area contributed by atoms with E-state index in [9.17, 15) is 4.79 Å². The van der Waals surface area contributed by atoms with E-state index in [1.165, 1.54) is 18.9 Å². The molecule has 0 aliphatic rings. The molecule has 0 aliphatic heterocycles. The summed E-state index contributed by atoms with van der Waals surface area (Å²) in [5.41, 5.74) is 4.51. The van der Waals surface area contributed by atoms with Gasteiger partial charge in [0.2, 0.25) is 5.95 Å². The van der Waals surface area contributed by atoms with Crippen LogP contribution in [0.15, 0.2) is 60.9 Å². The number of benzene rings is 1. The number of carbonyl (C=O) groups is 1. The van der Waals surface area contributed by atoms with Crippen LogP contribution >= 0.6 is 0 Å². The van der Waals surface area contributed by atoms with Crippen LogP contribution in [-0.2, 0) is 4.74 Å². The normalized spacial score (nSPS) is 11.0. The highest BCUT2D eigenvalue weighted by Crippen LogP contribution is 2.27. The van der Waals surface area contributed by atoms with Crippen LogP contribution < -0.4 is 5.32 Å². The number of rotatable bonds is 5. The molecule has 0 saturated carbocycles. The Morgan fingerprint density at radius 3 is 2.72 bits per heavy atom. The Balaban J connectivity index is 1.66. The zero-order valence-electron chi connectivity index (χ0n) is 16.5. The number of hydrogen-bond donors (Lipinski definition) is 1. The molecular weight excluding hydrogens is 366 g/mol. The van der Waals surface area contributed by atoms with Crippen molar-refractivity contribution in [1.29, 1.82) is 0 Å². The van der Waals surface area contributed by atoms with Gasteiger partial charge in [0.15, 0.2) is 5.65 Å². The molecule has 0 atom stereocenters. The Labute approximate surface area is 168 Å². The minimum absolute atomic E-state index is 0.383. The van der Waals surface area contributed by atoms with E-state index in [-0.39, 0.29) is 0 Å². The van der Waals surface area contributed by atoms with Crippen molar-refractivity contribution in [1.82, 2.24) is 19.6 Å². The smallest absolute Gasteiger partial charge is 0.339 e. The minimum Gasteiger partial charge on any atom is -0.465 e. The summed E-state index contributed by atoms with van der Waals surface area (Å²) in [7, 11) is 1.34. The fourth-order valence-corrected chi connectivity index (χ4v) is 3.07. The topological polar surface area (TPSA) is 81.4 Å². The van der Waals surface area contributed by atoms with Gasteiger partial charge in [-0.3, -0.25) is 0 Å². The van der Waals surface area contributed by atoms with E-state index in [1.807, 2.05) is 18.3 Å². The monoisotopic (exact) mass is 387 g/mol. The molecule has 7 nitrogen and oxygen atoms in total. The molecule has 0 bridgehead atoms. The van der Waals surface area contributed by atoms with Gasteiger partial charge >= 0.3 is 5.97 Å². The Hall–Kier alpha value is -3.74. The summed E-state index contributed by atoms with van der Waals surface area (Å²) in [6.07, 6.45) is 3.31. The number of nitrogens with zero attached hydrogens (tertiary/aromatic N) is 4. The van der Waals surface area contributed by atoms with E-state index < -0.39 is 5.97 Å². The average Bonchev–Trinajstić information content (AvgIpc) is 3.16. The Bertz CT molecular complexity index is 1170. The summed E-state index contributed by atoms with van der Waals surface area (Å²) in [6.45, 7) is 4.36. The van der Waals surface area contributed by atoms with E-state index in [0.29, 0.717) is 23.2 Å². The lowest BCUT2D eigenvalue weighted by atomic mass is 9.98. The molecule has 0 spiro atoms. The zero-order chi connectivity index (χ0) is 20.4. The highest BCUT2D eigenvalue weighted by molar-refractivity contribution is 5.89. The van der Waals surface area contributed by atoms with Gasteiger partial charge in [-0.2, -0.15) is 4.98 Å². The molecule has 7 heteroatoms. The third kappa shape index (κ3) is 3.80. The standard InChI is InChI=1S/C22H21N5O2/c1-14(2)15-6-4-7-16(12-15)18-8-5-11-27-20(18)25-22(26-27)24-19-10-9-17(13-23-19)21(28)29-3/h4-14H,1-3H3,(H,23,24,26). The van der Waals surface area contributed by atoms with Crippen LogP contribution in [-0.4, -0.2) is 32.7 Å². The van der Waals surface area contributed by atoms with Gasteiger partial charge in [-0.25, -0.2) is 14.3 Å². The summed E-state index contributed by atoms with van der Waals surface area (Å²) in [5.74, 6) is 0.986. The molecule has 0 aliphatic carbocycles. The number of fused-ring (bicyclic) bond motifs is 1. The van der Waals surface area contributed by atoms with Crippen molar-refractivity contribution >= 4 is 23.4 Å². The fourth-order valence-electron chi connectivity index (χ4n) is 3.07. The summed E-state index contributed by atoms with van der Waals surface area (Å²) >= 11 is 0. The molecule has 0 saturated heterocycles. The van der Waals surface area contributed by atoms with Gasteiger partial charge in [0, 0.05) is 18.0 Å². The molecular formula is C22H21N5O2. The summed E-state index contributed by atoms with van der Waals surface area (Å²) in [6, 6.07) is 15.8. The number of methoxy groups -OCH3 is 1. The van der Waals surface area contributed by atoms with Crippen molar-refractivity contribution in [2.24, 2.45) is 0 Å². The average molecular weight is 387 g/mol. The number of carbonyl (C=O) groups excluding carboxylic acids is 1. The first-order valence-corrected chi connectivity index (χ1v) is 9.32. The van der Waals surface area contributed by atoms with Gasteiger partial charge in [0.25, 0.3) is 0 Å². The van der Waals surface area contributed by atoms with E-state index in [4.69, 9.17) is 0 Å². The summed E-state index contributed by atoms with van der Waals surface area (Å²) in [5, 5.41) is 7.57. The quantitative estimate of drug-likeness (QED) is 0.510. The van der Waals surface area contributed by atoms with Gasteiger partial charge < -0.3 is 10.1 Å². The summed E-state index contributed by atoms with van der Waals surface area (Å²) in [4.78, 5) is 20.4. The SMILES string of the molecule is COC(=O)c1ccc(Nc2nc3c(-c4cccc(C(C)C)c4)cccn3n2)nc1. The van der Waals surface area contributed by atoms with E-state index in [2.05, 4.69) is 63.2 Å². The number of ether oxygens (including phenoxy) is 1. The predicted octanol–water partition coefficient (Wildman–Crippen LogP) is 4.44. The second-order valence-electron chi connectivity index (χ2n) is 6.95. The lowest BCUT2D eigenvalue weighted by Gasteiger charge is -2.08. The number of esters is 1. The van der Waals surface area contributed by atoms with Crippen LogP contribution in [0, 0.1) is 0 Å². The Kier molecular flexibility index (Phi) is 4.95. The molecule has 1 N–H and O–H groups in total. The van der Waals surface area contributed by atoms with E-state index >= 15 is 0 Å². The number of anilines is 2. The van der Waals surface area contributed by atoms with Crippen LogP contribution in [0.5, 0.6) is 0 Å². The molecule has 1 aromatic carbocycles. The number of pyridine rings is 2. The van der Waals surface area contributed by atoms with Crippen molar-refractivity contribution in [2.45, 2.75) is 19.8 Å². The Morgan fingerprint density at radius 2 is 2.00 bits per heavy atom. The molecule has 0 radical (unpaired) electrons. The van der Waals surface area contributed by atoms with Crippen molar-refractivity contribution in [2.75, 3.05) is 12.4 Å². The van der Waals surface area contributed by atoms with Gasteiger partial charge in [-0.1, -0.05) is 38.1 Å².